The van der Waals surface area contributed by atoms with Crippen LogP contribution >= 0.6 is 0 Å². The van der Waals surface area contributed by atoms with Gasteiger partial charge in [0.25, 0.3) is 0 Å². The highest BCUT2D eigenvalue weighted by molar-refractivity contribution is 5.82. The van der Waals surface area contributed by atoms with Gasteiger partial charge in [-0.3, -0.25) is 4.79 Å². The average molecular weight is 306 g/mol. The third-order valence-corrected chi connectivity index (χ3v) is 5.74. The van der Waals surface area contributed by atoms with Crippen molar-refractivity contribution in [3.05, 3.63) is 70.8 Å². The highest BCUT2D eigenvalue weighted by Crippen LogP contribution is 2.52. The molecule has 0 bridgehead atoms. The van der Waals surface area contributed by atoms with Crippen LogP contribution in [0.1, 0.15) is 47.4 Å². The Balaban J connectivity index is 1.80. The maximum Gasteiger partial charge on any atom is 0.136 e. The van der Waals surface area contributed by atoms with Gasteiger partial charge >= 0.3 is 0 Å². The van der Waals surface area contributed by atoms with E-state index < -0.39 is 5.60 Å². The molecular formula is C21H22O2. The van der Waals surface area contributed by atoms with Crippen molar-refractivity contribution in [3.8, 4) is 0 Å². The number of Topliss-reactive ketones (excluding diaryl/α,β-unsaturated/α-hetero) is 1. The van der Waals surface area contributed by atoms with Crippen LogP contribution in [0.2, 0.25) is 0 Å². The summed E-state index contributed by atoms with van der Waals surface area (Å²) in [5, 5.41) is 11.5. The number of fused-ring (bicyclic) bond motifs is 3. The summed E-state index contributed by atoms with van der Waals surface area (Å²) in [5.41, 5.74) is 3.65. The third kappa shape index (κ3) is 2.33. The van der Waals surface area contributed by atoms with Gasteiger partial charge < -0.3 is 5.11 Å². The molecule has 4 rings (SSSR count). The number of rotatable bonds is 1. The van der Waals surface area contributed by atoms with Gasteiger partial charge in [0.1, 0.15) is 5.78 Å². The van der Waals surface area contributed by atoms with Gasteiger partial charge in [-0.25, -0.2) is 0 Å². The van der Waals surface area contributed by atoms with E-state index in [4.69, 9.17) is 0 Å². The van der Waals surface area contributed by atoms with E-state index in [2.05, 4.69) is 18.2 Å². The van der Waals surface area contributed by atoms with Crippen molar-refractivity contribution in [2.24, 2.45) is 5.92 Å². The van der Waals surface area contributed by atoms with E-state index in [0.29, 0.717) is 6.42 Å². The van der Waals surface area contributed by atoms with Crippen LogP contribution in [-0.2, 0) is 16.8 Å². The van der Waals surface area contributed by atoms with Crippen LogP contribution in [0.15, 0.2) is 48.5 Å². The number of hydrogen-bond acceptors (Lipinski definition) is 2. The first kappa shape index (κ1) is 14.6. The lowest BCUT2D eigenvalue weighted by molar-refractivity contribution is -0.137. The zero-order chi connectivity index (χ0) is 16.0. The fourth-order valence-electron chi connectivity index (χ4n) is 4.58. The molecule has 2 aromatic rings. The fourth-order valence-corrected chi connectivity index (χ4v) is 4.58. The molecule has 0 heterocycles. The molecular weight excluding hydrogens is 284 g/mol. The Morgan fingerprint density at radius 1 is 1.09 bits per heavy atom. The van der Waals surface area contributed by atoms with E-state index in [1.165, 1.54) is 16.7 Å². The molecule has 1 fully saturated rings. The number of ketones is 1. The van der Waals surface area contributed by atoms with E-state index in [-0.39, 0.29) is 24.0 Å². The minimum Gasteiger partial charge on any atom is -0.384 e. The normalized spacial score (nSPS) is 29.7. The summed E-state index contributed by atoms with van der Waals surface area (Å²) in [6.45, 7) is 2.04. The predicted molar refractivity (Wildman–Crippen MR) is 90.3 cm³/mol. The van der Waals surface area contributed by atoms with E-state index >= 15 is 0 Å². The van der Waals surface area contributed by atoms with Crippen LogP contribution in [-0.4, -0.2) is 10.9 Å². The van der Waals surface area contributed by atoms with E-state index in [9.17, 15) is 9.90 Å². The molecule has 1 saturated carbocycles. The summed E-state index contributed by atoms with van der Waals surface area (Å²) in [7, 11) is 0. The lowest BCUT2D eigenvalue weighted by atomic mass is 9.59. The van der Waals surface area contributed by atoms with Gasteiger partial charge in [-0.2, -0.15) is 0 Å². The van der Waals surface area contributed by atoms with Crippen molar-refractivity contribution in [1.82, 2.24) is 0 Å². The van der Waals surface area contributed by atoms with Gasteiger partial charge in [0, 0.05) is 12.8 Å². The summed E-state index contributed by atoms with van der Waals surface area (Å²) in [6.07, 6.45) is 2.74. The third-order valence-electron chi connectivity index (χ3n) is 5.74. The molecule has 0 aromatic heterocycles. The predicted octanol–water partition coefficient (Wildman–Crippen LogP) is 3.89. The van der Waals surface area contributed by atoms with Crippen molar-refractivity contribution in [2.45, 2.75) is 44.1 Å². The van der Waals surface area contributed by atoms with Crippen molar-refractivity contribution in [3.63, 3.8) is 0 Å². The van der Waals surface area contributed by atoms with Crippen molar-refractivity contribution in [2.75, 3.05) is 0 Å². The summed E-state index contributed by atoms with van der Waals surface area (Å²) in [4.78, 5) is 12.4. The minimum absolute atomic E-state index is 0.123. The largest absolute Gasteiger partial charge is 0.384 e. The Morgan fingerprint density at radius 2 is 1.83 bits per heavy atom. The Bertz CT molecular complexity index is 747. The molecule has 0 radical (unpaired) electrons. The molecule has 23 heavy (non-hydrogen) atoms. The first-order valence-electron chi connectivity index (χ1n) is 8.47. The monoisotopic (exact) mass is 306 g/mol. The number of aryl methyl sites for hydroxylation is 2. The smallest absolute Gasteiger partial charge is 0.136 e. The van der Waals surface area contributed by atoms with Gasteiger partial charge in [0.2, 0.25) is 0 Å². The molecule has 2 aromatic carbocycles. The van der Waals surface area contributed by atoms with Crippen molar-refractivity contribution >= 4 is 5.78 Å². The average Bonchev–Trinajstić information content (AvgIpc) is 2.55. The van der Waals surface area contributed by atoms with Crippen LogP contribution < -0.4 is 0 Å². The molecule has 118 valence electrons. The zero-order valence-corrected chi connectivity index (χ0v) is 13.5. The van der Waals surface area contributed by atoms with Crippen LogP contribution in [0, 0.1) is 12.8 Å². The minimum atomic E-state index is -1.03. The van der Waals surface area contributed by atoms with Crippen LogP contribution in [0.5, 0.6) is 0 Å². The van der Waals surface area contributed by atoms with Gasteiger partial charge in [-0.05, 0) is 48.3 Å². The van der Waals surface area contributed by atoms with Crippen molar-refractivity contribution < 1.29 is 9.90 Å². The topological polar surface area (TPSA) is 37.3 Å². The Morgan fingerprint density at radius 3 is 2.61 bits per heavy atom. The molecule has 2 nitrogen and oxygen atoms in total. The maximum absolute atomic E-state index is 12.4. The highest BCUT2D eigenvalue weighted by atomic mass is 16.3. The standard InChI is InChI=1S/C21H22O2/c1-14-6-9-16(10-7-14)21(23)13-17(22)12-19-18-5-3-2-4-15(18)8-11-20(19)21/h2-7,9-10,19-20,23H,8,11-13H2,1H3/t19-,20-,21-/m1/s1. The van der Waals surface area contributed by atoms with E-state index in [1.54, 1.807) is 0 Å². The Kier molecular flexibility index (Phi) is 3.38. The lowest BCUT2D eigenvalue weighted by Crippen LogP contribution is -2.47. The van der Waals surface area contributed by atoms with Crippen LogP contribution in [0.4, 0.5) is 0 Å². The molecule has 2 aliphatic carbocycles. The summed E-state index contributed by atoms with van der Waals surface area (Å²) in [5.74, 6) is 0.441. The molecule has 2 heteroatoms. The number of benzene rings is 2. The first-order valence-corrected chi connectivity index (χ1v) is 8.47. The molecule has 0 aliphatic heterocycles. The van der Waals surface area contributed by atoms with Gasteiger partial charge in [0.15, 0.2) is 0 Å². The lowest BCUT2D eigenvalue weighted by Gasteiger charge is -2.47. The molecule has 0 saturated heterocycles. The quantitative estimate of drug-likeness (QED) is 0.868. The molecule has 3 atom stereocenters. The second-order valence-electron chi connectivity index (χ2n) is 7.16. The van der Waals surface area contributed by atoms with Crippen LogP contribution in [0.3, 0.4) is 0 Å². The Hall–Kier alpha value is -1.93. The molecule has 0 spiro atoms. The first-order chi connectivity index (χ1) is 11.1. The molecule has 0 unspecified atom stereocenters. The Labute approximate surface area is 137 Å². The SMILES string of the molecule is Cc1ccc([C@]2(O)CC(=O)C[C@@H]3c4ccccc4CC[C@H]32)cc1. The summed E-state index contributed by atoms with van der Waals surface area (Å²) in [6, 6.07) is 16.4. The zero-order valence-electron chi connectivity index (χ0n) is 13.5. The van der Waals surface area contributed by atoms with Gasteiger partial charge in [0.05, 0.1) is 5.60 Å². The fraction of sp³-hybridized carbons (Fsp3) is 0.381. The second-order valence-corrected chi connectivity index (χ2v) is 7.16. The maximum atomic E-state index is 12.4. The molecule has 0 amide bonds. The van der Waals surface area contributed by atoms with E-state index in [0.717, 1.165) is 18.4 Å². The van der Waals surface area contributed by atoms with Gasteiger partial charge in [-0.15, -0.1) is 0 Å². The van der Waals surface area contributed by atoms with E-state index in [1.807, 2.05) is 37.3 Å². The number of carbonyl (C=O) groups is 1. The van der Waals surface area contributed by atoms with Gasteiger partial charge in [-0.1, -0.05) is 54.1 Å². The van der Waals surface area contributed by atoms with Crippen LogP contribution in [0.25, 0.3) is 0 Å². The highest BCUT2D eigenvalue weighted by Gasteiger charge is 2.50. The number of hydrogen-bond donors (Lipinski definition) is 1. The molecule has 1 N–H and O–H groups in total. The second kappa shape index (κ2) is 5.31. The van der Waals surface area contributed by atoms with Crippen molar-refractivity contribution in [1.29, 1.82) is 0 Å². The summed E-state index contributed by atoms with van der Waals surface area (Å²) >= 11 is 0. The molecule has 2 aliphatic rings. The number of aliphatic hydroxyl groups is 1. The number of carbonyl (C=O) groups excluding carboxylic acids is 1. The summed E-state index contributed by atoms with van der Waals surface area (Å²) < 4.78 is 0.